The van der Waals surface area contributed by atoms with Gasteiger partial charge in [-0.1, -0.05) is 46.3 Å². The number of anilines is 1. The summed E-state index contributed by atoms with van der Waals surface area (Å²) in [5.41, 5.74) is 1.77. The van der Waals surface area contributed by atoms with Gasteiger partial charge in [-0.15, -0.1) is 0 Å². The van der Waals surface area contributed by atoms with Crippen LogP contribution in [-0.4, -0.2) is 21.8 Å². The molecule has 0 aliphatic heterocycles. The summed E-state index contributed by atoms with van der Waals surface area (Å²) in [6, 6.07) is 16.7. The van der Waals surface area contributed by atoms with E-state index in [9.17, 15) is 9.59 Å². The van der Waals surface area contributed by atoms with E-state index in [1.54, 1.807) is 12.1 Å². The second-order valence-electron chi connectivity index (χ2n) is 5.26. The third-order valence-corrected chi connectivity index (χ3v) is 4.01. The van der Waals surface area contributed by atoms with Crippen molar-refractivity contribution in [1.82, 2.24) is 15.3 Å². The molecule has 0 fully saturated rings. The van der Waals surface area contributed by atoms with E-state index < -0.39 is 5.91 Å². The summed E-state index contributed by atoms with van der Waals surface area (Å²) in [6.45, 7) is 0.368. The number of halogens is 1. The largest absolute Gasteiger partial charge is 0.347 e. The molecule has 0 saturated carbocycles. The van der Waals surface area contributed by atoms with Crippen LogP contribution in [0.5, 0.6) is 0 Å². The fraction of sp³-hybridized carbons (Fsp3) is 0.0556. The Morgan fingerprint density at radius 2 is 1.72 bits per heavy atom. The van der Waals surface area contributed by atoms with E-state index in [-0.39, 0.29) is 17.3 Å². The lowest BCUT2D eigenvalue weighted by atomic mass is 10.2. The van der Waals surface area contributed by atoms with Crippen molar-refractivity contribution in [3.05, 3.63) is 82.3 Å². The minimum absolute atomic E-state index is 0.0495. The monoisotopic (exact) mass is 398 g/mol. The Morgan fingerprint density at radius 1 is 1.00 bits per heavy atom. The second-order valence-corrected chi connectivity index (χ2v) is 6.17. The zero-order valence-corrected chi connectivity index (χ0v) is 14.7. The van der Waals surface area contributed by atoms with Crippen molar-refractivity contribution in [3.63, 3.8) is 0 Å². The van der Waals surface area contributed by atoms with Gasteiger partial charge in [0.15, 0.2) is 5.69 Å². The van der Waals surface area contributed by atoms with E-state index >= 15 is 0 Å². The number of hydrogen-bond donors (Lipinski definition) is 3. The van der Waals surface area contributed by atoms with Gasteiger partial charge in [-0.25, -0.2) is 4.98 Å². The Hall–Kier alpha value is -2.93. The van der Waals surface area contributed by atoms with Crippen molar-refractivity contribution < 1.29 is 9.59 Å². The van der Waals surface area contributed by atoms with Crippen LogP contribution in [-0.2, 0) is 6.54 Å². The highest BCUT2D eigenvalue weighted by molar-refractivity contribution is 9.10. The molecule has 126 valence electrons. The van der Waals surface area contributed by atoms with Crippen LogP contribution in [0.1, 0.15) is 26.5 Å². The fourth-order valence-corrected chi connectivity index (χ4v) is 2.49. The lowest BCUT2D eigenvalue weighted by Crippen LogP contribution is -2.26. The lowest BCUT2D eigenvalue weighted by molar-refractivity contribution is 0.0933. The summed E-state index contributed by atoms with van der Waals surface area (Å²) in [5.74, 6) is -0.837. The maximum absolute atomic E-state index is 12.4. The Morgan fingerprint density at radius 3 is 2.44 bits per heavy atom. The van der Waals surface area contributed by atoms with Crippen molar-refractivity contribution in [2.45, 2.75) is 6.54 Å². The van der Waals surface area contributed by atoms with Crippen molar-refractivity contribution in [3.8, 4) is 0 Å². The third kappa shape index (κ3) is 4.33. The van der Waals surface area contributed by atoms with E-state index in [0.717, 1.165) is 10.0 Å². The first kappa shape index (κ1) is 16.9. The van der Waals surface area contributed by atoms with Crippen LogP contribution in [0.4, 0.5) is 5.69 Å². The third-order valence-electron chi connectivity index (χ3n) is 3.48. The van der Waals surface area contributed by atoms with E-state index in [2.05, 4.69) is 36.5 Å². The van der Waals surface area contributed by atoms with Crippen LogP contribution in [0, 0.1) is 0 Å². The lowest BCUT2D eigenvalue weighted by Gasteiger charge is -2.07. The van der Waals surface area contributed by atoms with Crippen molar-refractivity contribution in [2.24, 2.45) is 0 Å². The minimum atomic E-state index is -0.451. The van der Waals surface area contributed by atoms with Gasteiger partial charge in [0, 0.05) is 16.7 Å². The molecule has 2 aromatic carbocycles. The normalized spacial score (nSPS) is 10.3. The molecule has 0 spiro atoms. The van der Waals surface area contributed by atoms with Gasteiger partial charge in [0.05, 0.1) is 6.33 Å². The molecule has 1 aromatic heterocycles. The molecule has 7 heteroatoms. The summed E-state index contributed by atoms with van der Waals surface area (Å²) >= 11 is 3.33. The molecular formula is C18H15BrN4O2. The van der Waals surface area contributed by atoms with Gasteiger partial charge in [-0.2, -0.15) is 0 Å². The van der Waals surface area contributed by atoms with Crippen molar-refractivity contribution >= 4 is 33.4 Å². The highest BCUT2D eigenvalue weighted by atomic mass is 79.9. The number of aromatic amines is 1. The molecule has 25 heavy (non-hydrogen) atoms. The highest BCUT2D eigenvalue weighted by Crippen LogP contribution is 2.15. The first-order valence-electron chi connectivity index (χ1n) is 7.56. The fourth-order valence-electron chi connectivity index (χ4n) is 2.23. The van der Waals surface area contributed by atoms with E-state index in [4.69, 9.17) is 0 Å². The van der Waals surface area contributed by atoms with Gasteiger partial charge in [0.1, 0.15) is 5.69 Å². The van der Waals surface area contributed by atoms with Gasteiger partial charge in [0.2, 0.25) is 0 Å². The van der Waals surface area contributed by atoms with E-state index in [1.165, 1.54) is 6.33 Å². The molecule has 3 N–H and O–H groups in total. The predicted molar refractivity (Wildman–Crippen MR) is 98.3 cm³/mol. The van der Waals surface area contributed by atoms with Crippen LogP contribution in [0.3, 0.4) is 0 Å². The van der Waals surface area contributed by atoms with Crippen LogP contribution in [0.2, 0.25) is 0 Å². The van der Waals surface area contributed by atoms with Gasteiger partial charge < -0.3 is 15.6 Å². The number of benzene rings is 2. The topological polar surface area (TPSA) is 86.9 Å². The van der Waals surface area contributed by atoms with Crippen LogP contribution < -0.4 is 10.6 Å². The Labute approximate surface area is 152 Å². The Kier molecular flexibility index (Phi) is 5.25. The predicted octanol–water partition coefficient (Wildman–Crippen LogP) is 3.35. The molecule has 0 unspecified atom stereocenters. The molecule has 0 aliphatic carbocycles. The Balaban J connectivity index is 1.67. The number of rotatable bonds is 5. The average molecular weight is 399 g/mol. The van der Waals surface area contributed by atoms with Crippen LogP contribution in [0.25, 0.3) is 0 Å². The number of aromatic nitrogens is 2. The Bertz CT molecular complexity index is 876. The standard InChI is InChI=1S/C18H15BrN4O2/c19-13-6-8-14(9-7-13)23-18(25)16-15(21-11-22-16)17(24)20-10-12-4-2-1-3-5-12/h1-9,11H,10H2,(H,20,24)(H,21,22)(H,23,25). The van der Waals surface area contributed by atoms with E-state index in [0.29, 0.717) is 12.2 Å². The summed E-state index contributed by atoms with van der Waals surface area (Å²) < 4.78 is 0.909. The first-order valence-corrected chi connectivity index (χ1v) is 8.35. The maximum atomic E-state index is 12.4. The molecule has 0 atom stereocenters. The number of H-pyrrole nitrogens is 1. The van der Waals surface area contributed by atoms with Crippen molar-refractivity contribution in [1.29, 1.82) is 0 Å². The number of amides is 2. The van der Waals surface area contributed by atoms with Gasteiger partial charge >= 0.3 is 0 Å². The highest BCUT2D eigenvalue weighted by Gasteiger charge is 2.20. The average Bonchev–Trinajstić information content (AvgIpc) is 3.12. The van der Waals surface area contributed by atoms with Crippen LogP contribution >= 0.6 is 15.9 Å². The molecule has 0 aliphatic rings. The smallest absolute Gasteiger partial charge is 0.276 e. The van der Waals surface area contributed by atoms with Crippen LogP contribution in [0.15, 0.2) is 65.4 Å². The number of hydrogen-bond acceptors (Lipinski definition) is 3. The SMILES string of the molecule is O=C(Nc1ccc(Br)cc1)c1nc[nH]c1C(=O)NCc1ccccc1. The molecular weight excluding hydrogens is 384 g/mol. The molecule has 0 bridgehead atoms. The minimum Gasteiger partial charge on any atom is -0.347 e. The van der Waals surface area contributed by atoms with E-state index in [1.807, 2.05) is 42.5 Å². The van der Waals surface area contributed by atoms with Gasteiger partial charge in [-0.3, -0.25) is 9.59 Å². The van der Waals surface area contributed by atoms with Crippen molar-refractivity contribution in [2.75, 3.05) is 5.32 Å². The molecule has 3 aromatic rings. The summed E-state index contributed by atoms with van der Waals surface area (Å²) in [5, 5.41) is 5.49. The number of imidazole rings is 1. The molecule has 0 saturated heterocycles. The summed E-state index contributed by atoms with van der Waals surface area (Å²) in [4.78, 5) is 31.4. The number of carbonyl (C=O) groups excluding carboxylic acids is 2. The molecule has 2 amide bonds. The molecule has 3 rings (SSSR count). The zero-order chi connectivity index (χ0) is 17.6. The quantitative estimate of drug-likeness (QED) is 0.615. The second kappa shape index (κ2) is 7.76. The molecule has 0 radical (unpaired) electrons. The zero-order valence-electron chi connectivity index (χ0n) is 13.1. The molecule has 1 heterocycles. The first-order chi connectivity index (χ1) is 12.1. The summed E-state index contributed by atoms with van der Waals surface area (Å²) in [7, 11) is 0. The van der Waals surface area contributed by atoms with Gasteiger partial charge in [0.25, 0.3) is 11.8 Å². The number of carbonyl (C=O) groups is 2. The number of nitrogens with zero attached hydrogens (tertiary/aromatic N) is 1. The van der Waals surface area contributed by atoms with Gasteiger partial charge in [-0.05, 0) is 29.8 Å². The maximum Gasteiger partial charge on any atom is 0.276 e. The summed E-state index contributed by atoms with van der Waals surface area (Å²) in [6.07, 6.45) is 1.33. The number of nitrogens with one attached hydrogen (secondary N) is 3. The molecule has 6 nitrogen and oxygen atoms in total.